The molecule has 1 rings (SSSR count). The Bertz CT molecular complexity index is 292. The fourth-order valence-corrected chi connectivity index (χ4v) is 3.06. The molecular formula is C16H32N2O2. The quantitative estimate of drug-likeness (QED) is 0.754. The van der Waals surface area contributed by atoms with Gasteiger partial charge in [0.15, 0.2) is 0 Å². The first kappa shape index (κ1) is 17.4. The van der Waals surface area contributed by atoms with Gasteiger partial charge in [0.05, 0.1) is 0 Å². The Morgan fingerprint density at radius 3 is 2.50 bits per heavy atom. The van der Waals surface area contributed by atoms with Gasteiger partial charge in [0.2, 0.25) is 0 Å². The lowest BCUT2D eigenvalue weighted by molar-refractivity contribution is -0.140. The summed E-state index contributed by atoms with van der Waals surface area (Å²) in [6.45, 7) is 11.8. The Labute approximate surface area is 123 Å². The maximum absolute atomic E-state index is 11.2. The number of hydrogen-bond acceptors (Lipinski definition) is 3. The van der Waals surface area contributed by atoms with Gasteiger partial charge in [-0.15, -0.1) is 0 Å². The molecule has 1 aliphatic rings. The van der Waals surface area contributed by atoms with E-state index in [1.807, 2.05) is 13.8 Å². The van der Waals surface area contributed by atoms with E-state index >= 15 is 0 Å². The summed E-state index contributed by atoms with van der Waals surface area (Å²) in [6.07, 6.45) is 4.52. The minimum Gasteiger partial charge on any atom is -0.480 e. The predicted octanol–water partition coefficient (Wildman–Crippen LogP) is 2.59. The van der Waals surface area contributed by atoms with Gasteiger partial charge in [-0.1, -0.05) is 27.7 Å². The lowest BCUT2D eigenvalue weighted by atomic mass is 9.89. The molecule has 0 aromatic carbocycles. The lowest BCUT2D eigenvalue weighted by Gasteiger charge is -2.24. The molecule has 4 nitrogen and oxygen atoms in total. The zero-order valence-corrected chi connectivity index (χ0v) is 13.6. The van der Waals surface area contributed by atoms with Crippen LogP contribution >= 0.6 is 0 Å². The Kier molecular flexibility index (Phi) is 7.52. The number of nitrogens with one attached hydrogen (secondary N) is 1. The highest BCUT2D eigenvalue weighted by Crippen LogP contribution is 2.24. The molecule has 0 spiro atoms. The van der Waals surface area contributed by atoms with E-state index in [0.717, 1.165) is 31.5 Å². The highest BCUT2D eigenvalue weighted by Gasteiger charge is 2.22. The molecule has 0 aliphatic carbocycles. The monoisotopic (exact) mass is 284 g/mol. The highest BCUT2D eigenvalue weighted by atomic mass is 16.4. The summed E-state index contributed by atoms with van der Waals surface area (Å²) >= 11 is 0. The van der Waals surface area contributed by atoms with Crippen molar-refractivity contribution in [2.45, 2.75) is 65.5 Å². The van der Waals surface area contributed by atoms with E-state index in [9.17, 15) is 9.90 Å². The van der Waals surface area contributed by atoms with Crippen LogP contribution in [0.5, 0.6) is 0 Å². The molecule has 0 amide bonds. The minimum atomic E-state index is -0.728. The molecule has 2 unspecified atom stereocenters. The Morgan fingerprint density at radius 2 is 1.95 bits per heavy atom. The molecule has 118 valence electrons. The third-order valence-corrected chi connectivity index (χ3v) is 4.37. The van der Waals surface area contributed by atoms with E-state index in [0.29, 0.717) is 6.42 Å². The Morgan fingerprint density at radius 1 is 1.25 bits per heavy atom. The van der Waals surface area contributed by atoms with Gasteiger partial charge in [-0.05, 0) is 50.6 Å². The van der Waals surface area contributed by atoms with Crippen LogP contribution in [-0.4, -0.2) is 47.7 Å². The minimum absolute atomic E-state index is 0.213. The first-order valence-electron chi connectivity index (χ1n) is 8.11. The normalized spacial score (nSPS) is 23.0. The molecule has 1 fully saturated rings. The molecule has 1 heterocycles. The van der Waals surface area contributed by atoms with E-state index in [1.54, 1.807) is 0 Å². The number of carbonyl (C=O) groups is 1. The van der Waals surface area contributed by atoms with E-state index in [1.165, 1.54) is 19.3 Å². The number of aliphatic carboxylic acids is 1. The number of hydrogen-bond donors (Lipinski definition) is 2. The number of rotatable bonds is 7. The number of carboxylic acid groups (broad SMARTS) is 1. The third kappa shape index (κ3) is 6.23. The van der Waals surface area contributed by atoms with Crippen LogP contribution in [0.3, 0.4) is 0 Å². The number of nitrogens with zero attached hydrogens (tertiary/aromatic N) is 1. The SMILES string of the molecule is CC(C)NC(CCN1CCCC(C(C)C)CC1)C(=O)O. The van der Waals surface area contributed by atoms with Gasteiger partial charge in [-0.2, -0.15) is 0 Å². The number of likely N-dealkylation sites (tertiary alicyclic amines) is 1. The molecule has 0 bridgehead atoms. The second-order valence-electron chi connectivity index (χ2n) is 6.78. The summed E-state index contributed by atoms with van der Waals surface area (Å²) in [5.74, 6) is 0.877. The molecule has 4 heteroatoms. The van der Waals surface area contributed by atoms with Crippen LogP contribution < -0.4 is 5.32 Å². The van der Waals surface area contributed by atoms with E-state index in [-0.39, 0.29) is 6.04 Å². The molecule has 2 N–H and O–H groups in total. The summed E-state index contributed by atoms with van der Waals surface area (Å²) in [4.78, 5) is 13.7. The first-order chi connectivity index (χ1) is 9.40. The zero-order valence-electron chi connectivity index (χ0n) is 13.6. The lowest BCUT2D eigenvalue weighted by Crippen LogP contribution is -2.43. The first-order valence-corrected chi connectivity index (χ1v) is 8.11. The largest absolute Gasteiger partial charge is 0.480 e. The van der Waals surface area contributed by atoms with Gasteiger partial charge in [0, 0.05) is 12.6 Å². The number of carboxylic acids is 1. The highest BCUT2D eigenvalue weighted by molar-refractivity contribution is 5.73. The van der Waals surface area contributed by atoms with Gasteiger partial charge in [0.1, 0.15) is 6.04 Å². The smallest absolute Gasteiger partial charge is 0.320 e. The van der Waals surface area contributed by atoms with Crippen LogP contribution in [0.15, 0.2) is 0 Å². The third-order valence-electron chi connectivity index (χ3n) is 4.37. The van der Waals surface area contributed by atoms with E-state index in [2.05, 4.69) is 24.1 Å². The van der Waals surface area contributed by atoms with Gasteiger partial charge >= 0.3 is 5.97 Å². The summed E-state index contributed by atoms with van der Waals surface area (Å²) in [5, 5.41) is 12.4. The Balaban J connectivity index is 2.38. The fraction of sp³-hybridized carbons (Fsp3) is 0.938. The van der Waals surface area contributed by atoms with Crippen molar-refractivity contribution >= 4 is 5.97 Å². The van der Waals surface area contributed by atoms with Crippen molar-refractivity contribution in [3.8, 4) is 0 Å². The van der Waals surface area contributed by atoms with Gasteiger partial charge in [-0.3, -0.25) is 4.79 Å². The average Bonchev–Trinajstić information content (AvgIpc) is 2.59. The van der Waals surface area contributed by atoms with Crippen molar-refractivity contribution in [2.24, 2.45) is 11.8 Å². The summed E-state index contributed by atoms with van der Waals surface area (Å²) in [7, 11) is 0. The van der Waals surface area contributed by atoms with Crippen molar-refractivity contribution in [3.63, 3.8) is 0 Å². The fourth-order valence-electron chi connectivity index (χ4n) is 3.06. The Hall–Kier alpha value is -0.610. The molecule has 0 aromatic rings. The van der Waals surface area contributed by atoms with Crippen LogP contribution in [0.4, 0.5) is 0 Å². The molecular weight excluding hydrogens is 252 g/mol. The van der Waals surface area contributed by atoms with Crippen LogP contribution in [0.25, 0.3) is 0 Å². The molecule has 0 aromatic heterocycles. The summed E-state index contributed by atoms with van der Waals surface area (Å²) in [6, 6.07) is -0.204. The second-order valence-corrected chi connectivity index (χ2v) is 6.78. The molecule has 20 heavy (non-hydrogen) atoms. The van der Waals surface area contributed by atoms with Crippen molar-refractivity contribution in [2.75, 3.05) is 19.6 Å². The maximum atomic E-state index is 11.2. The maximum Gasteiger partial charge on any atom is 0.320 e. The standard InChI is InChI=1S/C16H32N2O2/c1-12(2)14-6-5-9-18(10-7-14)11-8-15(16(19)20)17-13(3)4/h12-15,17H,5-11H2,1-4H3,(H,19,20). The van der Waals surface area contributed by atoms with Crippen LogP contribution in [-0.2, 0) is 4.79 Å². The predicted molar refractivity (Wildman–Crippen MR) is 82.9 cm³/mol. The van der Waals surface area contributed by atoms with Gasteiger partial charge in [0.25, 0.3) is 0 Å². The van der Waals surface area contributed by atoms with E-state index in [4.69, 9.17) is 0 Å². The topological polar surface area (TPSA) is 52.6 Å². The van der Waals surface area contributed by atoms with Gasteiger partial charge in [-0.25, -0.2) is 0 Å². The molecule has 1 saturated heterocycles. The van der Waals surface area contributed by atoms with Crippen molar-refractivity contribution in [1.29, 1.82) is 0 Å². The van der Waals surface area contributed by atoms with E-state index < -0.39 is 12.0 Å². The van der Waals surface area contributed by atoms with Crippen LogP contribution in [0.1, 0.15) is 53.4 Å². The average molecular weight is 284 g/mol. The van der Waals surface area contributed by atoms with Crippen LogP contribution in [0, 0.1) is 11.8 Å². The summed E-state index contributed by atoms with van der Waals surface area (Å²) in [5.41, 5.74) is 0. The van der Waals surface area contributed by atoms with Crippen molar-refractivity contribution in [3.05, 3.63) is 0 Å². The van der Waals surface area contributed by atoms with Crippen molar-refractivity contribution < 1.29 is 9.90 Å². The zero-order chi connectivity index (χ0) is 15.1. The molecule has 1 aliphatic heterocycles. The second kappa shape index (κ2) is 8.63. The van der Waals surface area contributed by atoms with Crippen LogP contribution in [0.2, 0.25) is 0 Å². The summed E-state index contributed by atoms with van der Waals surface area (Å²) < 4.78 is 0. The molecule has 2 atom stereocenters. The molecule has 0 saturated carbocycles. The van der Waals surface area contributed by atoms with Gasteiger partial charge < -0.3 is 15.3 Å². The molecule has 0 radical (unpaired) electrons. The van der Waals surface area contributed by atoms with Crippen molar-refractivity contribution in [1.82, 2.24) is 10.2 Å².